The number of nitrogens with zero attached hydrogens (tertiary/aromatic N) is 1. The van der Waals surface area contributed by atoms with Crippen molar-refractivity contribution in [3.63, 3.8) is 0 Å². The molecule has 0 saturated heterocycles. The lowest BCUT2D eigenvalue weighted by molar-refractivity contribution is 0.0315. The maximum absolute atomic E-state index is 9.02. The van der Waals surface area contributed by atoms with Crippen molar-refractivity contribution in [3.05, 3.63) is 0 Å². The second kappa shape index (κ2) is 4.89. The highest BCUT2D eigenvalue weighted by Gasteiger charge is 2.12. The average Bonchev–Trinajstić information content (AvgIpc) is 1.98. The van der Waals surface area contributed by atoms with E-state index in [-0.39, 0.29) is 19.0 Å². The van der Waals surface area contributed by atoms with Gasteiger partial charge in [-0.25, -0.2) is 0 Å². The monoisotopic (exact) mass is 162 g/mol. The molecule has 2 unspecified atom stereocenters. The van der Waals surface area contributed by atoms with Crippen LogP contribution in [0.2, 0.25) is 0 Å². The smallest absolute Gasteiger partial charge is 0.186 e. The number of hydrogen-bond acceptors (Lipinski definition) is 4. The Kier molecular flexibility index (Phi) is 4.51. The zero-order valence-corrected chi connectivity index (χ0v) is 6.14. The molecule has 0 amide bonds. The van der Waals surface area contributed by atoms with E-state index in [1.54, 1.807) is 0 Å². The Bertz CT molecular complexity index is 134. The van der Waals surface area contributed by atoms with Gasteiger partial charge in [-0.15, -0.1) is 0 Å². The summed E-state index contributed by atoms with van der Waals surface area (Å²) in [7, 11) is 0. The van der Waals surface area contributed by atoms with Crippen LogP contribution in [0.25, 0.3) is 0 Å². The van der Waals surface area contributed by atoms with E-state index >= 15 is 0 Å². The van der Waals surface area contributed by atoms with Crippen molar-refractivity contribution in [2.24, 2.45) is 22.2 Å². The largest absolute Gasteiger partial charge is 0.389 e. The molecule has 11 heavy (non-hydrogen) atoms. The van der Waals surface area contributed by atoms with Crippen LogP contribution < -0.4 is 17.2 Å². The molecule has 0 aromatic carbocycles. The van der Waals surface area contributed by atoms with Crippen LogP contribution in [0.3, 0.4) is 0 Å². The van der Waals surface area contributed by atoms with E-state index in [0.717, 1.165) is 0 Å². The van der Waals surface area contributed by atoms with Gasteiger partial charge in [0, 0.05) is 6.54 Å². The fourth-order valence-electron chi connectivity index (χ4n) is 0.478. The molecule has 8 N–H and O–H groups in total. The standard InChI is InChI=1S/C5H14N4O2/c6-1-3(10)4(11)2-9-5(7)8/h3-4,10-11H,1-2,6H2,(H4,7,8,9). The molecule has 0 fully saturated rings. The van der Waals surface area contributed by atoms with Gasteiger partial charge >= 0.3 is 0 Å². The Hall–Kier alpha value is -0.850. The first-order valence-electron chi connectivity index (χ1n) is 3.19. The SMILES string of the molecule is NCC(O)C(O)CN=C(N)N. The van der Waals surface area contributed by atoms with E-state index in [1.807, 2.05) is 0 Å². The highest BCUT2D eigenvalue weighted by Crippen LogP contribution is 1.91. The molecule has 66 valence electrons. The Morgan fingerprint density at radius 2 is 1.82 bits per heavy atom. The highest BCUT2D eigenvalue weighted by atomic mass is 16.3. The van der Waals surface area contributed by atoms with Crippen LogP contribution in [-0.2, 0) is 0 Å². The molecule has 0 aliphatic heterocycles. The number of aliphatic hydroxyl groups is 2. The summed E-state index contributed by atoms with van der Waals surface area (Å²) in [5, 5.41) is 17.9. The Morgan fingerprint density at radius 1 is 1.27 bits per heavy atom. The molecule has 0 heterocycles. The number of hydrogen-bond donors (Lipinski definition) is 5. The lowest BCUT2D eigenvalue weighted by Crippen LogP contribution is -2.36. The first kappa shape index (κ1) is 10.2. The quantitative estimate of drug-likeness (QED) is 0.221. The fraction of sp³-hybridized carbons (Fsp3) is 0.800. The predicted molar refractivity (Wildman–Crippen MR) is 41.7 cm³/mol. The lowest BCUT2D eigenvalue weighted by atomic mass is 10.2. The van der Waals surface area contributed by atoms with Gasteiger partial charge in [0.25, 0.3) is 0 Å². The summed E-state index contributed by atoms with van der Waals surface area (Å²) in [6.45, 7) is -0.0398. The normalized spacial score (nSPS) is 15.5. The van der Waals surface area contributed by atoms with Gasteiger partial charge in [-0.3, -0.25) is 4.99 Å². The lowest BCUT2D eigenvalue weighted by Gasteiger charge is -2.12. The average molecular weight is 162 g/mol. The van der Waals surface area contributed by atoms with Crippen LogP contribution in [0.5, 0.6) is 0 Å². The molecule has 0 rings (SSSR count). The van der Waals surface area contributed by atoms with Crippen molar-refractivity contribution in [1.29, 1.82) is 0 Å². The highest BCUT2D eigenvalue weighted by molar-refractivity contribution is 5.75. The minimum Gasteiger partial charge on any atom is -0.389 e. The van der Waals surface area contributed by atoms with Crippen molar-refractivity contribution >= 4 is 5.96 Å². The van der Waals surface area contributed by atoms with Crippen molar-refractivity contribution in [2.45, 2.75) is 12.2 Å². The Labute approximate surface area is 64.7 Å². The number of rotatable bonds is 4. The third-order valence-electron chi connectivity index (χ3n) is 1.15. The summed E-state index contributed by atoms with van der Waals surface area (Å²) in [5.41, 5.74) is 15.0. The zero-order chi connectivity index (χ0) is 8.85. The van der Waals surface area contributed by atoms with E-state index < -0.39 is 12.2 Å². The maximum Gasteiger partial charge on any atom is 0.186 e. The molecular weight excluding hydrogens is 148 g/mol. The van der Waals surface area contributed by atoms with Crippen LogP contribution in [-0.4, -0.2) is 41.5 Å². The van der Waals surface area contributed by atoms with E-state index in [4.69, 9.17) is 27.4 Å². The third kappa shape index (κ3) is 4.54. The minimum absolute atomic E-state index is 0.0127. The van der Waals surface area contributed by atoms with Crippen LogP contribution in [0.4, 0.5) is 0 Å². The molecule has 2 atom stereocenters. The van der Waals surface area contributed by atoms with Gasteiger partial charge in [-0.1, -0.05) is 0 Å². The molecule has 6 nitrogen and oxygen atoms in total. The van der Waals surface area contributed by atoms with Crippen molar-refractivity contribution < 1.29 is 10.2 Å². The maximum atomic E-state index is 9.02. The second-order valence-electron chi connectivity index (χ2n) is 2.14. The first-order valence-corrected chi connectivity index (χ1v) is 3.19. The Morgan fingerprint density at radius 3 is 2.18 bits per heavy atom. The van der Waals surface area contributed by atoms with E-state index in [1.165, 1.54) is 0 Å². The van der Waals surface area contributed by atoms with Crippen molar-refractivity contribution in [1.82, 2.24) is 0 Å². The van der Waals surface area contributed by atoms with Gasteiger partial charge < -0.3 is 27.4 Å². The number of nitrogens with two attached hydrogens (primary N) is 3. The molecule has 0 aliphatic rings. The summed E-state index contributed by atoms with van der Waals surface area (Å²) in [5.74, 6) is -0.117. The van der Waals surface area contributed by atoms with E-state index in [0.29, 0.717) is 0 Å². The molecule has 0 aromatic rings. The first-order chi connectivity index (χ1) is 5.07. The summed E-state index contributed by atoms with van der Waals surface area (Å²) in [6, 6.07) is 0. The summed E-state index contributed by atoms with van der Waals surface area (Å²) < 4.78 is 0. The minimum atomic E-state index is -0.998. The van der Waals surface area contributed by atoms with Crippen LogP contribution in [0, 0.1) is 0 Å². The molecule has 0 bridgehead atoms. The molecule has 0 spiro atoms. The van der Waals surface area contributed by atoms with E-state index in [2.05, 4.69) is 4.99 Å². The van der Waals surface area contributed by atoms with Gasteiger partial charge in [0.15, 0.2) is 5.96 Å². The molecule has 0 aliphatic carbocycles. The zero-order valence-electron chi connectivity index (χ0n) is 6.14. The molecule has 0 radical (unpaired) electrons. The molecule has 0 saturated carbocycles. The number of guanidine groups is 1. The van der Waals surface area contributed by atoms with Gasteiger partial charge in [-0.05, 0) is 0 Å². The van der Waals surface area contributed by atoms with Gasteiger partial charge in [0.2, 0.25) is 0 Å². The fourth-order valence-corrected chi connectivity index (χ4v) is 0.478. The summed E-state index contributed by atoms with van der Waals surface area (Å²) >= 11 is 0. The predicted octanol–water partition coefficient (Wildman–Crippen LogP) is -3.06. The Balaban J connectivity index is 3.68. The number of aliphatic imine (C=N–C) groups is 1. The summed E-state index contributed by atoms with van der Waals surface area (Å²) in [4.78, 5) is 3.50. The number of aliphatic hydroxyl groups excluding tert-OH is 2. The van der Waals surface area contributed by atoms with Crippen LogP contribution in [0.1, 0.15) is 0 Å². The van der Waals surface area contributed by atoms with Gasteiger partial charge in [0.05, 0.1) is 12.6 Å². The topological polar surface area (TPSA) is 131 Å². The van der Waals surface area contributed by atoms with Crippen LogP contribution in [0.15, 0.2) is 4.99 Å². The van der Waals surface area contributed by atoms with Crippen molar-refractivity contribution in [3.8, 4) is 0 Å². The third-order valence-corrected chi connectivity index (χ3v) is 1.15. The van der Waals surface area contributed by atoms with Crippen LogP contribution >= 0.6 is 0 Å². The van der Waals surface area contributed by atoms with Crippen molar-refractivity contribution in [2.75, 3.05) is 13.1 Å². The van der Waals surface area contributed by atoms with Gasteiger partial charge in [-0.2, -0.15) is 0 Å². The summed E-state index contributed by atoms with van der Waals surface area (Å²) in [6.07, 6.45) is -1.97. The molecular formula is C5H14N4O2. The van der Waals surface area contributed by atoms with Gasteiger partial charge in [0.1, 0.15) is 6.10 Å². The molecule has 6 heteroatoms. The molecule has 0 aromatic heterocycles. The second-order valence-corrected chi connectivity index (χ2v) is 2.14. The van der Waals surface area contributed by atoms with E-state index in [9.17, 15) is 0 Å².